The molecule has 4 heteroatoms. The largest absolute Gasteiger partial charge is 0.381 e. The summed E-state index contributed by atoms with van der Waals surface area (Å²) >= 11 is 0. The van der Waals surface area contributed by atoms with E-state index < -0.39 is 0 Å². The molecule has 0 amide bonds. The van der Waals surface area contributed by atoms with E-state index in [4.69, 9.17) is 4.74 Å². The van der Waals surface area contributed by atoms with Crippen molar-refractivity contribution in [2.45, 2.75) is 39.8 Å². The van der Waals surface area contributed by atoms with Gasteiger partial charge in [0, 0.05) is 30.8 Å². The number of imidazole rings is 1. The Labute approximate surface area is 103 Å². The van der Waals surface area contributed by atoms with Gasteiger partial charge >= 0.3 is 0 Å². The fourth-order valence-electron chi connectivity index (χ4n) is 2.45. The molecule has 1 fully saturated rings. The van der Waals surface area contributed by atoms with Gasteiger partial charge in [-0.1, -0.05) is 6.92 Å². The maximum Gasteiger partial charge on any atom is 0.0951 e. The van der Waals surface area contributed by atoms with Crippen molar-refractivity contribution in [3.8, 4) is 0 Å². The molecule has 1 aliphatic heterocycles. The summed E-state index contributed by atoms with van der Waals surface area (Å²) in [6, 6.07) is 0.495. The summed E-state index contributed by atoms with van der Waals surface area (Å²) in [4.78, 5) is 4.36. The molecule has 1 aromatic heterocycles. The van der Waals surface area contributed by atoms with Gasteiger partial charge in [-0.2, -0.15) is 0 Å². The van der Waals surface area contributed by atoms with Crippen LogP contribution >= 0.6 is 0 Å². The number of hydrogen-bond donors (Lipinski definition) is 1. The van der Waals surface area contributed by atoms with Crippen LogP contribution in [0.2, 0.25) is 0 Å². The molecule has 2 rings (SSSR count). The minimum atomic E-state index is 0.495. The Morgan fingerprint density at radius 2 is 2.41 bits per heavy atom. The van der Waals surface area contributed by atoms with E-state index in [0.29, 0.717) is 12.0 Å². The Kier molecular flexibility index (Phi) is 4.18. The average Bonchev–Trinajstić information content (AvgIpc) is 2.93. The van der Waals surface area contributed by atoms with Crippen LogP contribution in [0, 0.1) is 19.8 Å². The molecule has 0 aliphatic carbocycles. The van der Waals surface area contributed by atoms with Crippen molar-refractivity contribution in [3.05, 3.63) is 17.7 Å². The molecule has 1 aliphatic rings. The molecular formula is C13H23N3O. The molecule has 2 heterocycles. The second-order valence-electron chi connectivity index (χ2n) is 4.86. The zero-order valence-corrected chi connectivity index (χ0v) is 11.1. The van der Waals surface area contributed by atoms with E-state index >= 15 is 0 Å². The first-order valence-electron chi connectivity index (χ1n) is 6.51. The molecule has 1 saturated heterocycles. The summed E-state index contributed by atoms with van der Waals surface area (Å²) < 4.78 is 7.74. The topological polar surface area (TPSA) is 39.1 Å². The molecule has 2 atom stereocenters. The van der Waals surface area contributed by atoms with Crippen LogP contribution in [-0.2, 0) is 11.3 Å². The fourth-order valence-corrected chi connectivity index (χ4v) is 2.45. The van der Waals surface area contributed by atoms with Crippen LogP contribution in [-0.4, -0.2) is 35.4 Å². The smallest absolute Gasteiger partial charge is 0.0951 e. The average molecular weight is 237 g/mol. The number of hydrogen-bond acceptors (Lipinski definition) is 3. The molecule has 0 aromatic carbocycles. The minimum absolute atomic E-state index is 0.495. The fraction of sp³-hybridized carbons (Fsp3) is 0.769. The molecule has 0 radical (unpaired) electrons. The van der Waals surface area contributed by atoms with Crippen LogP contribution < -0.4 is 5.32 Å². The summed E-state index contributed by atoms with van der Waals surface area (Å²) in [6.07, 6.45) is 3.12. The monoisotopic (exact) mass is 237 g/mol. The number of nitrogens with zero attached hydrogens (tertiary/aromatic N) is 2. The molecule has 4 nitrogen and oxygen atoms in total. The van der Waals surface area contributed by atoms with Gasteiger partial charge in [-0.05, 0) is 26.8 Å². The molecule has 2 unspecified atom stereocenters. The Hall–Kier alpha value is -0.870. The second kappa shape index (κ2) is 5.65. The van der Waals surface area contributed by atoms with Gasteiger partial charge in [0.15, 0.2) is 0 Å². The number of ether oxygens (including phenoxy) is 1. The van der Waals surface area contributed by atoms with E-state index in [1.54, 1.807) is 0 Å². The van der Waals surface area contributed by atoms with Crippen molar-refractivity contribution in [2.75, 3.05) is 19.8 Å². The lowest BCUT2D eigenvalue weighted by atomic mass is 9.99. The highest BCUT2D eigenvalue weighted by Crippen LogP contribution is 2.19. The van der Waals surface area contributed by atoms with Gasteiger partial charge in [0.2, 0.25) is 0 Å². The van der Waals surface area contributed by atoms with Crippen LogP contribution in [0.3, 0.4) is 0 Å². The van der Waals surface area contributed by atoms with Crippen molar-refractivity contribution < 1.29 is 4.74 Å². The lowest BCUT2D eigenvalue weighted by Crippen LogP contribution is -2.40. The molecule has 1 N–H and O–H groups in total. The Morgan fingerprint density at radius 1 is 1.59 bits per heavy atom. The summed E-state index contributed by atoms with van der Waals surface area (Å²) in [5.74, 6) is 0.636. The van der Waals surface area contributed by atoms with E-state index in [1.165, 1.54) is 12.1 Å². The number of likely N-dealkylation sites (N-methyl/N-ethyl adjacent to an activating group) is 1. The van der Waals surface area contributed by atoms with Gasteiger partial charge in [-0.25, -0.2) is 4.98 Å². The lowest BCUT2D eigenvalue weighted by molar-refractivity contribution is 0.174. The first-order chi connectivity index (χ1) is 8.22. The van der Waals surface area contributed by atoms with Crippen LogP contribution in [0.1, 0.15) is 24.7 Å². The van der Waals surface area contributed by atoms with E-state index in [0.717, 1.165) is 32.0 Å². The first kappa shape index (κ1) is 12.6. The third-order valence-electron chi connectivity index (χ3n) is 3.74. The van der Waals surface area contributed by atoms with Crippen molar-refractivity contribution in [3.63, 3.8) is 0 Å². The Balaban J connectivity index is 2.04. The molecule has 0 bridgehead atoms. The number of aromatic nitrogens is 2. The van der Waals surface area contributed by atoms with Crippen LogP contribution in [0.15, 0.2) is 6.33 Å². The normalized spacial score (nSPS) is 21.9. The standard InChI is InChI=1S/C13H23N3O/c1-4-14-13(12-5-6-17-8-12)7-16-9-15-10(2)11(16)3/h9,12-14H,4-8H2,1-3H3. The van der Waals surface area contributed by atoms with Crippen molar-refractivity contribution >= 4 is 0 Å². The van der Waals surface area contributed by atoms with Crippen molar-refractivity contribution in [1.29, 1.82) is 0 Å². The summed E-state index contributed by atoms with van der Waals surface area (Å²) in [5.41, 5.74) is 2.40. The predicted molar refractivity (Wildman–Crippen MR) is 68.1 cm³/mol. The van der Waals surface area contributed by atoms with Gasteiger partial charge in [0.05, 0.1) is 18.6 Å². The van der Waals surface area contributed by atoms with Crippen LogP contribution in [0.4, 0.5) is 0 Å². The highest BCUT2D eigenvalue weighted by molar-refractivity contribution is 5.08. The summed E-state index contributed by atoms with van der Waals surface area (Å²) in [7, 11) is 0. The lowest BCUT2D eigenvalue weighted by Gasteiger charge is -2.24. The molecule has 96 valence electrons. The second-order valence-corrected chi connectivity index (χ2v) is 4.86. The number of nitrogens with one attached hydrogen (secondary N) is 1. The van der Waals surface area contributed by atoms with E-state index in [9.17, 15) is 0 Å². The maximum atomic E-state index is 5.49. The highest BCUT2D eigenvalue weighted by Gasteiger charge is 2.25. The zero-order valence-electron chi connectivity index (χ0n) is 11.1. The SMILES string of the molecule is CCNC(Cn1cnc(C)c1C)C1CCOC1. The molecular weight excluding hydrogens is 214 g/mol. The number of aryl methyl sites for hydroxylation is 1. The Bertz CT molecular complexity index is 356. The van der Waals surface area contributed by atoms with Gasteiger partial charge in [0.25, 0.3) is 0 Å². The molecule has 1 aromatic rings. The molecule has 17 heavy (non-hydrogen) atoms. The highest BCUT2D eigenvalue weighted by atomic mass is 16.5. The Morgan fingerprint density at radius 3 is 2.94 bits per heavy atom. The van der Waals surface area contributed by atoms with Gasteiger partial charge in [-0.15, -0.1) is 0 Å². The minimum Gasteiger partial charge on any atom is -0.381 e. The third-order valence-corrected chi connectivity index (χ3v) is 3.74. The summed E-state index contributed by atoms with van der Waals surface area (Å²) in [5, 5.41) is 3.58. The van der Waals surface area contributed by atoms with E-state index in [-0.39, 0.29) is 0 Å². The van der Waals surface area contributed by atoms with E-state index in [2.05, 4.69) is 35.6 Å². The van der Waals surface area contributed by atoms with Crippen molar-refractivity contribution in [2.24, 2.45) is 5.92 Å². The van der Waals surface area contributed by atoms with E-state index in [1.807, 2.05) is 6.33 Å². The molecule has 0 spiro atoms. The number of rotatable bonds is 5. The van der Waals surface area contributed by atoms with Gasteiger partial charge in [0.1, 0.15) is 0 Å². The first-order valence-corrected chi connectivity index (χ1v) is 6.51. The third kappa shape index (κ3) is 2.87. The molecule has 0 saturated carbocycles. The maximum absolute atomic E-state index is 5.49. The van der Waals surface area contributed by atoms with Crippen LogP contribution in [0.5, 0.6) is 0 Å². The zero-order chi connectivity index (χ0) is 12.3. The summed E-state index contributed by atoms with van der Waals surface area (Å²) in [6.45, 7) is 10.2. The van der Waals surface area contributed by atoms with Gasteiger partial charge < -0.3 is 14.6 Å². The quantitative estimate of drug-likeness (QED) is 0.844. The van der Waals surface area contributed by atoms with Crippen LogP contribution in [0.25, 0.3) is 0 Å². The van der Waals surface area contributed by atoms with Gasteiger partial charge in [-0.3, -0.25) is 0 Å². The van der Waals surface area contributed by atoms with Crippen molar-refractivity contribution in [1.82, 2.24) is 14.9 Å². The predicted octanol–water partition coefficient (Wildman–Crippen LogP) is 1.51.